The van der Waals surface area contributed by atoms with Crippen LogP contribution >= 0.6 is 33.9 Å². The van der Waals surface area contributed by atoms with Crippen LogP contribution in [0.2, 0.25) is 0 Å². The van der Waals surface area contributed by atoms with Crippen LogP contribution in [0.5, 0.6) is 0 Å². The number of aromatic nitrogens is 1. The predicted molar refractivity (Wildman–Crippen MR) is 85.9 cm³/mol. The zero-order chi connectivity index (χ0) is 14.7. The molecule has 1 N–H and O–H groups in total. The first-order chi connectivity index (χ1) is 9.52. The van der Waals surface area contributed by atoms with Gasteiger partial charge in [-0.15, -0.1) is 0 Å². The molecule has 0 aliphatic carbocycles. The molecule has 0 fully saturated rings. The monoisotopic (exact) mass is 402 g/mol. The van der Waals surface area contributed by atoms with Crippen LogP contribution in [0.4, 0.5) is 10.8 Å². The lowest BCUT2D eigenvalue weighted by Gasteiger charge is -2.04. The summed E-state index contributed by atoms with van der Waals surface area (Å²) in [4.78, 5) is 27.6. The Labute approximate surface area is 133 Å². The first-order valence-corrected chi connectivity index (χ1v) is 7.54. The minimum absolute atomic E-state index is 0.0541. The summed E-state index contributed by atoms with van der Waals surface area (Å²) >= 11 is 3.33. The second kappa shape index (κ2) is 6.31. The van der Waals surface area contributed by atoms with Gasteiger partial charge in [-0.3, -0.25) is 4.79 Å². The molecule has 1 heterocycles. The number of halogens is 1. The van der Waals surface area contributed by atoms with E-state index in [0.29, 0.717) is 10.0 Å². The van der Waals surface area contributed by atoms with Crippen molar-refractivity contribution in [3.05, 3.63) is 38.4 Å². The number of nitrogens with zero attached hydrogens (tertiary/aromatic N) is 1. The van der Waals surface area contributed by atoms with Gasteiger partial charge in [-0.05, 0) is 34.7 Å². The van der Waals surface area contributed by atoms with E-state index in [4.69, 9.17) is 0 Å². The number of carbonyl (C=O) groups excluding carboxylic acids is 2. The number of methoxy groups -OCH3 is 1. The Kier molecular flexibility index (Phi) is 4.71. The Morgan fingerprint density at radius 2 is 2.05 bits per heavy atom. The summed E-state index contributed by atoms with van der Waals surface area (Å²) in [6.07, 6.45) is 0. The normalized spacial score (nSPS) is 10.2. The summed E-state index contributed by atoms with van der Waals surface area (Å²) in [5.74, 6) is -0.819. The Bertz CT molecular complexity index is 669. The van der Waals surface area contributed by atoms with Crippen molar-refractivity contribution in [2.45, 2.75) is 6.92 Å². The van der Waals surface area contributed by atoms with Crippen LogP contribution in [0.15, 0.2) is 24.3 Å². The predicted octanol–water partition coefficient (Wildman–Crippen LogP) is 3.48. The molecule has 0 atom stereocenters. The number of nitrogens with one attached hydrogen (secondary N) is 1. The van der Waals surface area contributed by atoms with Gasteiger partial charge < -0.3 is 10.1 Å². The highest BCUT2D eigenvalue weighted by Crippen LogP contribution is 2.28. The Morgan fingerprint density at radius 1 is 1.35 bits per heavy atom. The third-order valence-corrected chi connectivity index (χ3v) is 4.45. The van der Waals surface area contributed by atoms with Gasteiger partial charge >= 0.3 is 5.97 Å². The molecule has 5 nitrogen and oxygen atoms in total. The van der Waals surface area contributed by atoms with Crippen molar-refractivity contribution < 1.29 is 14.3 Å². The molecule has 0 aliphatic heterocycles. The van der Waals surface area contributed by atoms with E-state index < -0.39 is 5.97 Å². The van der Waals surface area contributed by atoms with Gasteiger partial charge in [-0.1, -0.05) is 23.5 Å². The second-order valence-electron chi connectivity index (χ2n) is 3.85. The third-order valence-electron chi connectivity index (χ3n) is 2.44. The van der Waals surface area contributed by atoms with Crippen LogP contribution in [0, 0.1) is 3.57 Å². The van der Waals surface area contributed by atoms with Crippen molar-refractivity contribution >= 4 is 56.5 Å². The number of hydrogen-bond acceptors (Lipinski definition) is 6. The number of carbonyl (C=O) groups is 2. The zero-order valence-electron chi connectivity index (χ0n) is 10.8. The van der Waals surface area contributed by atoms with Gasteiger partial charge in [0.1, 0.15) is 4.88 Å². The van der Waals surface area contributed by atoms with E-state index >= 15 is 0 Å². The Morgan fingerprint density at radius 3 is 2.65 bits per heavy atom. The lowest BCUT2D eigenvalue weighted by atomic mass is 10.3. The van der Waals surface area contributed by atoms with Crippen molar-refractivity contribution in [1.29, 1.82) is 0 Å². The number of rotatable bonds is 4. The largest absolute Gasteiger partial charge is 0.464 e. The van der Waals surface area contributed by atoms with Crippen LogP contribution in [0.25, 0.3) is 0 Å². The number of thiazole rings is 1. The fraction of sp³-hybridized carbons (Fsp3) is 0.154. The van der Waals surface area contributed by atoms with Crippen molar-refractivity contribution in [3.8, 4) is 0 Å². The SMILES string of the molecule is COC(=O)c1nc(Nc2ccccc2I)sc1C(C)=O. The van der Waals surface area contributed by atoms with E-state index in [1.54, 1.807) is 0 Å². The van der Waals surface area contributed by atoms with E-state index in [1.165, 1.54) is 14.0 Å². The molecule has 1 aromatic heterocycles. The van der Waals surface area contributed by atoms with E-state index in [-0.39, 0.29) is 11.5 Å². The number of para-hydroxylation sites is 1. The zero-order valence-corrected chi connectivity index (χ0v) is 13.7. The summed E-state index contributed by atoms with van der Waals surface area (Å²) in [7, 11) is 1.26. The van der Waals surface area contributed by atoms with Crippen LogP contribution in [-0.2, 0) is 4.74 Å². The van der Waals surface area contributed by atoms with Crippen LogP contribution in [0.1, 0.15) is 27.1 Å². The molecule has 0 radical (unpaired) electrons. The minimum Gasteiger partial charge on any atom is -0.464 e. The van der Waals surface area contributed by atoms with E-state index in [0.717, 1.165) is 20.6 Å². The van der Waals surface area contributed by atoms with Crippen molar-refractivity contribution in [1.82, 2.24) is 4.98 Å². The molecular formula is C13H11IN2O3S. The molecule has 0 bridgehead atoms. The van der Waals surface area contributed by atoms with Gasteiger partial charge in [0.25, 0.3) is 0 Å². The molecule has 0 spiro atoms. The maximum absolute atomic E-state index is 11.6. The molecule has 1 aromatic carbocycles. The van der Waals surface area contributed by atoms with Gasteiger partial charge in [0.2, 0.25) is 0 Å². The number of hydrogen-bond donors (Lipinski definition) is 1. The fourth-order valence-electron chi connectivity index (χ4n) is 1.53. The molecule has 0 saturated heterocycles. The standard InChI is InChI=1S/C13H11IN2O3S/c1-7(17)11-10(12(18)19-2)16-13(20-11)15-9-6-4-3-5-8(9)14/h3-6H,1-2H3,(H,15,16). The van der Waals surface area contributed by atoms with Crippen molar-refractivity contribution in [3.63, 3.8) is 0 Å². The summed E-state index contributed by atoms with van der Waals surface area (Å²) in [6.45, 7) is 1.40. The summed E-state index contributed by atoms with van der Waals surface area (Å²) < 4.78 is 5.66. The average Bonchev–Trinajstić information content (AvgIpc) is 2.85. The van der Waals surface area contributed by atoms with Crippen LogP contribution < -0.4 is 5.32 Å². The fourth-order valence-corrected chi connectivity index (χ4v) is 2.91. The van der Waals surface area contributed by atoms with Gasteiger partial charge in [0.05, 0.1) is 12.8 Å². The minimum atomic E-state index is -0.609. The Hall–Kier alpha value is -1.48. The maximum atomic E-state index is 11.6. The second-order valence-corrected chi connectivity index (χ2v) is 6.01. The van der Waals surface area contributed by atoms with E-state index in [2.05, 4.69) is 37.6 Å². The van der Waals surface area contributed by atoms with Gasteiger partial charge in [-0.25, -0.2) is 9.78 Å². The molecule has 104 valence electrons. The smallest absolute Gasteiger partial charge is 0.358 e. The molecule has 20 heavy (non-hydrogen) atoms. The average molecular weight is 402 g/mol. The van der Waals surface area contributed by atoms with Gasteiger partial charge in [0, 0.05) is 10.5 Å². The molecule has 2 rings (SSSR count). The first-order valence-electron chi connectivity index (χ1n) is 5.64. The number of anilines is 2. The van der Waals surface area contributed by atoms with Crippen LogP contribution in [0.3, 0.4) is 0 Å². The van der Waals surface area contributed by atoms with E-state index in [1.807, 2.05) is 24.3 Å². The van der Waals surface area contributed by atoms with Gasteiger partial charge in [0.15, 0.2) is 16.6 Å². The first kappa shape index (κ1) is 14.9. The molecule has 0 aliphatic rings. The van der Waals surface area contributed by atoms with Crippen LogP contribution in [-0.4, -0.2) is 23.8 Å². The Balaban J connectivity index is 2.37. The number of ether oxygens (including phenoxy) is 1. The van der Waals surface area contributed by atoms with Crippen molar-refractivity contribution in [2.75, 3.05) is 12.4 Å². The van der Waals surface area contributed by atoms with Gasteiger partial charge in [-0.2, -0.15) is 0 Å². The quantitative estimate of drug-likeness (QED) is 0.482. The molecule has 2 aromatic rings. The lowest BCUT2D eigenvalue weighted by Crippen LogP contribution is -2.07. The number of benzene rings is 1. The highest BCUT2D eigenvalue weighted by Gasteiger charge is 2.22. The molecular weight excluding hydrogens is 391 g/mol. The molecule has 0 unspecified atom stereocenters. The number of ketones is 1. The van der Waals surface area contributed by atoms with E-state index in [9.17, 15) is 9.59 Å². The topological polar surface area (TPSA) is 68.3 Å². The highest BCUT2D eigenvalue weighted by molar-refractivity contribution is 14.1. The summed E-state index contributed by atoms with van der Waals surface area (Å²) in [5, 5.41) is 3.59. The number of Topliss-reactive ketones (excluding diaryl/α,β-unsaturated/α-hetero) is 1. The summed E-state index contributed by atoms with van der Waals surface area (Å²) in [5.41, 5.74) is 0.923. The van der Waals surface area contributed by atoms with Crippen molar-refractivity contribution in [2.24, 2.45) is 0 Å². The molecule has 0 saturated carbocycles. The lowest BCUT2D eigenvalue weighted by molar-refractivity contribution is 0.0591. The third kappa shape index (κ3) is 3.15. The number of esters is 1. The molecule has 7 heteroatoms. The molecule has 0 amide bonds. The summed E-state index contributed by atoms with van der Waals surface area (Å²) in [6, 6.07) is 7.67. The maximum Gasteiger partial charge on any atom is 0.358 e. The highest BCUT2D eigenvalue weighted by atomic mass is 127.